The SMILES string of the molecule is CC1c2[nH]nc(NC(=O)c3ccc(C#N)cc3F)c2CN1C(=O)N1C[C@@H]2CCCN2C[C@@H]1C. The number of anilines is 1. The fraction of sp³-hybridized carbons (Fsp3) is 0.478. The summed E-state index contributed by atoms with van der Waals surface area (Å²) < 4.78 is 14.3. The number of benzene rings is 1. The quantitative estimate of drug-likeness (QED) is 0.730. The molecule has 4 heterocycles. The van der Waals surface area contributed by atoms with Crippen molar-refractivity contribution in [3.05, 3.63) is 46.4 Å². The molecule has 0 bridgehead atoms. The van der Waals surface area contributed by atoms with Crippen molar-refractivity contribution in [1.29, 1.82) is 5.26 Å². The fourth-order valence-electron chi connectivity index (χ4n) is 5.25. The standard InChI is InChI=1S/C23H26FN7O2/c1-13-10-29-7-3-4-16(29)11-30(13)23(33)31-12-18-20(14(31)2)27-28-21(18)26-22(32)17-6-5-15(9-25)8-19(17)24/h5-6,8,13-14,16H,3-4,7,10-12H2,1-2H3,(H2,26,27,28,32)/t13-,14?,16-/m0/s1. The van der Waals surface area contributed by atoms with Gasteiger partial charge in [-0.2, -0.15) is 10.4 Å². The average Bonchev–Trinajstić information content (AvgIpc) is 3.49. The Balaban J connectivity index is 1.31. The molecule has 172 valence electrons. The number of nitrogens with zero attached hydrogens (tertiary/aromatic N) is 5. The third kappa shape index (κ3) is 3.62. The number of piperazine rings is 1. The number of nitriles is 1. The highest BCUT2D eigenvalue weighted by molar-refractivity contribution is 6.04. The number of halogens is 1. The van der Waals surface area contributed by atoms with Crippen LogP contribution in [0.3, 0.4) is 0 Å². The molecule has 9 nitrogen and oxygen atoms in total. The van der Waals surface area contributed by atoms with Crippen molar-refractivity contribution in [2.24, 2.45) is 0 Å². The van der Waals surface area contributed by atoms with Crippen molar-refractivity contribution in [2.45, 2.75) is 51.4 Å². The summed E-state index contributed by atoms with van der Waals surface area (Å²) in [4.78, 5) is 32.4. The Morgan fingerprint density at radius 2 is 2.09 bits per heavy atom. The largest absolute Gasteiger partial charge is 0.321 e. The van der Waals surface area contributed by atoms with Crippen LogP contribution in [0.5, 0.6) is 0 Å². The zero-order valence-electron chi connectivity index (χ0n) is 18.6. The average molecular weight is 452 g/mol. The first-order chi connectivity index (χ1) is 15.9. The normalized spacial score (nSPS) is 24.4. The van der Waals surface area contributed by atoms with E-state index < -0.39 is 11.7 Å². The minimum absolute atomic E-state index is 0.0124. The van der Waals surface area contributed by atoms with E-state index in [1.165, 1.54) is 18.6 Å². The Hall–Kier alpha value is -3.45. The molecule has 2 fully saturated rings. The minimum Gasteiger partial charge on any atom is -0.319 e. The minimum atomic E-state index is -0.774. The van der Waals surface area contributed by atoms with Crippen molar-refractivity contribution in [3.8, 4) is 6.07 Å². The molecule has 5 rings (SSSR count). The molecule has 3 atom stereocenters. The molecule has 1 unspecified atom stereocenters. The topological polar surface area (TPSA) is 108 Å². The van der Waals surface area contributed by atoms with Gasteiger partial charge < -0.3 is 15.1 Å². The van der Waals surface area contributed by atoms with E-state index in [2.05, 4.69) is 27.3 Å². The van der Waals surface area contributed by atoms with Crippen LogP contribution in [0.15, 0.2) is 18.2 Å². The van der Waals surface area contributed by atoms with E-state index in [1.807, 2.05) is 17.9 Å². The van der Waals surface area contributed by atoms with Crippen LogP contribution in [-0.4, -0.2) is 68.6 Å². The Labute approximate surface area is 191 Å². The first kappa shape index (κ1) is 21.4. The van der Waals surface area contributed by atoms with E-state index in [0.717, 1.165) is 43.4 Å². The van der Waals surface area contributed by atoms with Crippen LogP contribution in [0.25, 0.3) is 0 Å². The van der Waals surface area contributed by atoms with Crippen molar-refractivity contribution >= 4 is 17.8 Å². The zero-order chi connectivity index (χ0) is 23.3. The molecule has 33 heavy (non-hydrogen) atoms. The Bertz CT molecular complexity index is 1160. The van der Waals surface area contributed by atoms with Crippen LogP contribution in [0.2, 0.25) is 0 Å². The van der Waals surface area contributed by atoms with Crippen molar-refractivity contribution in [2.75, 3.05) is 25.0 Å². The summed E-state index contributed by atoms with van der Waals surface area (Å²) in [5, 5.41) is 18.7. The van der Waals surface area contributed by atoms with Gasteiger partial charge in [-0.15, -0.1) is 0 Å². The van der Waals surface area contributed by atoms with Gasteiger partial charge in [0, 0.05) is 30.7 Å². The lowest BCUT2D eigenvalue weighted by Crippen LogP contribution is -2.59. The molecule has 2 saturated heterocycles. The maximum atomic E-state index is 14.3. The lowest BCUT2D eigenvalue weighted by molar-refractivity contribution is 0.0580. The number of carbonyl (C=O) groups excluding carboxylic acids is 2. The van der Waals surface area contributed by atoms with Gasteiger partial charge in [0.15, 0.2) is 5.82 Å². The molecule has 2 aromatic rings. The number of nitrogens with one attached hydrogen (secondary N) is 2. The summed E-state index contributed by atoms with van der Waals surface area (Å²) >= 11 is 0. The predicted octanol–water partition coefficient (Wildman–Crippen LogP) is 2.84. The molecular formula is C23H26FN7O2. The van der Waals surface area contributed by atoms with E-state index in [4.69, 9.17) is 5.26 Å². The van der Waals surface area contributed by atoms with E-state index in [9.17, 15) is 14.0 Å². The summed E-state index contributed by atoms with van der Waals surface area (Å²) in [5.74, 6) is -1.15. The van der Waals surface area contributed by atoms with Gasteiger partial charge in [-0.05, 0) is 51.4 Å². The highest BCUT2D eigenvalue weighted by Crippen LogP contribution is 2.37. The molecular weight excluding hydrogens is 425 g/mol. The summed E-state index contributed by atoms with van der Waals surface area (Å²) in [6, 6.07) is 5.87. The third-order valence-corrected chi connectivity index (χ3v) is 7.12. The second-order valence-corrected chi connectivity index (χ2v) is 9.10. The van der Waals surface area contributed by atoms with Crippen LogP contribution < -0.4 is 5.32 Å². The maximum Gasteiger partial charge on any atom is 0.321 e. The summed E-state index contributed by atoms with van der Waals surface area (Å²) in [6.07, 6.45) is 2.30. The molecule has 0 aliphatic carbocycles. The Morgan fingerprint density at radius 3 is 2.85 bits per heavy atom. The number of aromatic amines is 1. The highest BCUT2D eigenvalue weighted by Gasteiger charge is 2.42. The maximum absolute atomic E-state index is 14.3. The third-order valence-electron chi connectivity index (χ3n) is 7.12. The first-order valence-electron chi connectivity index (χ1n) is 11.3. The summed E-state index contributed by atoms with van der Waals surface area (Å²) in [7, 11) is 0. The smallest absolute Gasteiger partial charge is 0.319 e. The number of rotatable bonds is 2. The van der Waals surface area contributed by atoms with Gasteiger partial charge in [-0.25, -0.2) is 9.18 Å². The van der Waals surface area contributed by atoms with Crippen LogP contribution in [0.4, 0.5) is 15.0 Å². The van der Waals surface area contributed by atoms with Gasteiger partial charge in [0.1, 0.15) is 5.82 Å². The lowest BCUT2D eigenvalue weighted by atomic mass is 10.1. The number of amides is 3. The van der Waals surface area contributed by atoms with Gasteiger partial charge in [-0.3, -0.25) is 14.8 Å². The van der Waals surface area contributed by atoms with Gasteiger partial charge in [-0.1, -0.05) is 0 Å². The number of hydrogen-bond donors (Lipinski definition) is 2. The van der Waals surface area contributed by atoms with Crippen molar-refractivity contribution in [1.82, 2.24) is 24.9 Å². The van der Waals surface area contributed by atoms with Crippen LogP contribution >= 0.6 is 0 Å². The van der Waals surface area contributed by atoms with E-state index >= 15 is 0 Å². The molecule has 3 aliphatic rings. The molecule has 3 aliphatic heterocycles. The molecule has 10 heteroatoms. The van der Waals surface area contributed by atoms with E-state index in [0.29, 0.717) is 12.6 Å². The second kappa shape index (κ2) is 8.15. The van der Waals surface area contributed by atoms with E-state index in [1.54, 1.807) is 4.90 Å². The van der Waals surface area contributed by atoms with Crippen LogP contribution in [-0.2, 0) is 6.54 Å². The van der Waals surface area contributed by atoms with Crippen molar-refractivity contribution in [3.63, 3.8) is 0 Å². The number of hydrogen-bond acceptors (Lipinski definition) is 5. The number of urea groups is 1. The van der Waals surface area contributed by atoms with E-state index in [-0.39, 0.29) is 35.1 Å². The molecule has 2 N–H and O–H groups in total. The van der Waals surface area contributed by atoms with Gasteiger partial charge in [0.25, 0.3) is 5.91 Å². The number of fused-ring (bicyclic) bond motifs is 2. The molecule has 0 saturated carbocycles. The van der Waals surface area contributed by atoms with Crippen molar-refractivity contribution < 1.29 is 14.0 Å². The summed E-state index contributed by atoms with van der Waals surface area (Å²) in [6.45, 7) is 7.07. The van der Waals surface area contributed by atoms with Gasteiger partial charge in [0.05, 0.1) is 35.5 Å². The Morgan fingerprint density at radius 1 is 1.27 bits per heavy atom. The Kier molecular flexibility index (Phi) is 5.29. The summed E-state index contributed by atoms with van der Waals surface area (Å²) in [5.41, 5.74) is 1.46. The van der Waals surface area contributed by atoms with Gasteiger partial charge >= 0.3 is 6.03 Å². The van der Waals surface area contributed by atoms with Crippen LogP contribution in [0, 0.1) is 17.1 Å². The molecule has 1 aromatic carbocycles. The van der Waals surface area contributed by atoms with Crippen LogP contribution in [0.1, 0.15) is 59.9 Å². The monoisotopic (exact) mass is 451 g/mol. The molecule has 0 radical (unpaired) electrons. The number of carbonyl (C=O) groups is 2. The first-order valence-corrected chi connectivity index (χ1v) is 11.3. The highest BCUT2D eigenvalue weighted by atomic mass is 19.1. The zero-order valence-corrected chi connectivity index (χ0v) is 18.6. The second-order valence-electron chi connectivity index (χ2n) is 9.10. The lowest BCUT2D eigenvalue weighted by Gasteiger charge is -2.44. The predicted molar refractivity (Wildman–Crippen MR) is 118 cm³/mol. The fourth-order valence-corrected chi connectivity index (χ4v) is 5.25. The number of H-pyrrole nitrogens is 1. The van der Waals surface area contributed by atoms with Gasteiger partial charge in [0.2, 0.25) is 0 Å². The molecule has 3 amide bonds. The molecule has 0 spiro atoms. The molecule has 1 aromatic heterocycles. The number of aromatic nitrogens is 2.